The second-order valence-corrected chi connectivity index (χ2v) is 9.66. The van der Waals surface area contributed by atoms with Crippen molar-refractivity contribution >= 4 is 29.7 Å². The number of nitrogens with one attached hydrogen (secondary N) is 1. The van der Waals surface area contributed by atoms with Crippen molar-refractivity contribution < 1.29 is 13.5 Å². The van der Waals surface area contributed by atoms with Crippen LogP contribution < -0.4 is 15.1 Å². The molecule has 5 rings (SSSR count). The Hall–Kier alpha value is -1.62. The molecular formula is C19H21F2N5OS2. The average molecular weight is 438 g/mol. The molecule has 1 saturated carbocycles. The monoisotopic (exact) mass is 437 g/mol. The summed E-state index contributed by atoms with van der Waals surface area (Å²) in [6.07, 6.45) is 4.62. The van der Waals surface area contributed by atoms with Crippen molar-refractivity contribution in [2.24, 2.45) is 0 Å². The Kier molecular flexibility index (Phi) is 5.27. The summed E-state index contributed by atoms with van der Waals surface area (Å²) in [7, 11) is 0. The van der Waals surface area contributed by atoms with Crippen LogP contribution in [0.15, 0.2) is 46.5 Å². The number of benzene rings is 1. The fraction of sp³-hybridized carbons (Fsp3) is 0.474. The van der Waals surface area contributed by atoms with Crippen molar-refractivity contribution in [3.63, 3.8) is 0 Å². The summed E-state index contributed by atoms with van der Waals surface area (Å²) < 4.78 is 35.1. The van der Waals surface area contributed by atoms with E-state index in [4.69, 9.17) is 4.74 Å². The van der Waals surface area contributed by atoms with Crippen molar-refractivity contribution in [3.05, 3.63) is 36.7 Å². The highest BCUT2D eigenvalue weighted by molar-refractivity contribution is 8.14. The Bertz CT molecular complexity index is 848. The van der Waals surface area contributed by atoms with Gasteiger partial charge in [-0.25, -0.2) is 24.2 Å². The number of piperidine rings is 1. The molecule has 0 spiro atoms. The smallest absolute Gasteiger partial charge is 0.257 e. The van der Waals surface area contributed by atoms with Crippen LogP contribution in [0.3, 0.4) is 0 Å². The zero-order chi connectivity index (χ0) is 19.8. The van der Waals surface area contributed by atoms with Gasteiger partial charge in [-0.15, -0.1) is 3.82 Å². The molecule has 0 unspecified atom stereocenters. The molecule has 1 aromatic heterocycles. The number of hydrogen-bond donors (Lipinski definition) is 1. The van der Waals surface area contributed by atoms with Gasteiger partial charge in [-0.1, -0.05) is 12.1 Å². The Balaban J connectivity index is 1.14. The molecule has 3 aliphatic rings. The molecular weight excluding hydrogens is 416 g/mol. The predicted molar refractivity (Wildman–Crippen MR) is 109 cm³/mol. The molecule has 1 N–H and O–H groups in total. The van der Waals surface area contributed by atoms with Gasteiger partial charge in [0.15, 0.2) is 5.82 Å². The van der Waals surface area contributed by atoms with E-state index in [-0.39, 0.29) is 32.0 Å². The molecule has 0 radical (unpaired) electrons. The fourth-order valence-corrected chi connectivity index (χ4v) is 5.80. The number of hydrogen-bond acceptors (Lipinski definition) is 8. The van der Waals surface area contributed by atoms with E-state index in [1.54, 1.807) is 36.3 Å². The Labute approximate surface area is 176 Å². The SMILES string of the molecule is FC1(F)CCN(c2nccnc2O[C@H]2C[C@H](NN3Sc4ccccc4S3)C2)CC1. The minimum Gasteiger partial charge on any atom is -0.472 e. The molecule has 29 heavy (non-hydrogen) atoms. The van der Waals surface area contributed by atoms with E-state index in [1.807, 2.05) is 17.0 Å². The highest BCUT2D eigenvalue weighted by Crippen LogP contribution is 2.45. The predicted octanol–water partition coefficient (Wildman–Crippen LogP) is 4.16. The summed E-state index contributed by atoms with van der Waals surface area (Å²) in [5, 5.41) is 0. The normalized spacial score (nSPS) is 26.1. The van der Waals surface area contributed by atoms with E-state index in [1.165, 1.54) is 9.79 Å². The molecule has 1 saturated heterocycles. The van der Waals surface area contributed by atoms with E-state index in [9.17, 15) is 8.78 Å². The van der Waals surface area contributed by atoms with Crippen molar-refractivity contribution in [2.45, 2.75) is 53.5 Å². The maximum atomic E-state index is 13.5. The first-order chi connectivity index (χ1) is 14.1. The zero-order valence-corrected chi connectivity index (χ0v) is 17.3. The number of aromatic nitrogens is 2. The van der Waals surface area contributed by atoms with Crippen LogP contribution in [-0.2, 0) is 0 Å². The van der Waals surface area contributed by atoms with Gasteiger partial charge in [-0.05, 0) is 36.0 Å². The van der Waals surface area contributed by atoms with Crippen molar-refractivity contribution in [1.29, 1.82) is 0 Å². The first-order valence-electron chi connectivity index (χ1n) is 9.67. The molecule has 0 bridgehead atoms. The quantitative estimate of drug-likeness (QED) is 0.700. The lowest BCUT2D eigenvalue weighted by Gasteiger charge is -2.38. The number of fused-ring (bicyclic) bond motifs is 1. The van der Waals surface area contributed by atoms with Gasteiger partial charge in [-0.3, -0.25) is 0 Å². The number of nitrogens with zero attached hydrogens (tertiary/aromatic N) is 4. The van der Waals surface area contributed by atoms with Crippen LogP contribution in [0.1, 0.15) is 25.7 Å². The number of ether oxygens (including phenoxy) is 1. The zero-order valence-electron chi connectivity index (χ0n) is 15.6. The lowest BCUT2D eigenvalue weighted by molar-refractivity contribution is -0.0223. The Morgan fingerprint density at radius 3 is 2.38 bits per heavy atom. The van der Waals surface area contributed by atoms with E-state index in [2.05, 4.69) is 31.3 Å². The number of hydrazine groups is 1. The van der Waals surface area contributed by atoms with Gasteiger partial charge >= 0.3 is 0 Å². The van der Waals surface area contributed by atoms with Crippen molar-refractivity contribution in [1.82, 2.24) is 19.2 Å². The minimum absolute atomic E-state index is 0.0501. The Morgan fingerprint density at radius 2 is 1.69 bits per heavy atom. The van der Waals surface area contributed by atoms with Crippen molar-refractivity contribution in [3.8, 4) is 5.88 Å². The van der Waals surface area contributed by atoms with Gasteiger partial charge in [-0.2, -0.15) is 0 Å². The molecule has 6 nitrogen and oxygen atoms in total. The summed E-state index contributed by atoms with van der Waals surface area (Å²) in [5.74, 6) is -1.57. The largest absolute Gasteiger partial charge is 0.472 e. The van der Waals surface area contributed by atoms with Gasteiger partial charge in [0.2, 0.25) is 0 Å². The van der Waals surface area contributed by atoms with Crippen LogP contribution in [0.2, 0.25) is 0 Å². The average Bonchev–Trinajstić information content (AvgIpc) is 3.09. The molecule has 2 aliphatic heterocycles. The first-order valence-corrected chi connectivity index (χ1v) is 11.2. The standard InChI is InChI=1S/C19H21F2N5OS2/c20-19(21)5-9-25(10-6-19)17-18(23-8-7-22-17)27-14-11-13(12-14)24-26-28-15-3-1-2-4-16(15)29-26/h1-4,7-8,13-14,24H,5-6,9-12H2/t13-,14-. The number of anilines is 1. The molecule has 154 valence electrons. The number of rotatable bonds is 5. The van der Waals surface area contributed by atoms with Gasteiger partial charge < -0.3 is 9.64 Å². The third-order valence-electron chi connectivity index (χ3n) is 5.31. The van der Waals surface area contributed by atoms with Crippen LogP contribution in [0.5, 0.6) is 5.88 Å². The van der Waals surface area contributed by atoms with Crippen LogP contribution in [0.25, 0.3) is 0 Å². The first kappa shape index (κ1) is 19.3. The van der Waals surface area contributed by atoms with Gasteiger partial charge in [0, 0.05) is 67.0 Å². The molecule has 3 heterocycles. The van der Waals surface area contributed by atoms with E-state index in [0.29, 0.717) is 17.7 Å². The van der Waals surface area contributed by atoms with Gasteiger partial charge in [0.05, 0.1) is 0 Å². The van der Waals surface area contributed by atoms with Crippen LogP contribution in [0.4, 0.5) is 14.6 Å². The topological polar surface area (TPSA) is 53.5 Å². The molecule has 0 amide bonds. The lowest BCUT2D eigenvalue weighted by Crippen LogP contribution is -2.49. The van der Waals surface area contributed by atoms with E-state index >= 15 is 0 Å². The third kappa shape index (κ3) is 4.30. The van der Waals surface area contributed by atoms with Gasteiger partial charge in [0.1, 0.15) is 6.10 Å². The van der Waals surface area contributed by atoms with E-state index < -0.39 is 5.92 Å². The number of halogens is 2. The molecule has 1 aromatic carbocycles. The minimum atomic E-state index is -2.59. The highest BCUT2D eigenvalue weighted by Gasteiger charge is 2.37. The maximum Gasteiger partial charge on any atom is 0.257 e. The Morgan fingerprint density at radius 1 is 1.03 bits per heavy atom. The summed E-state index contributed by atoms with van der Waals surface area (Å²) in [4.78, 5) is 13.0. The third-order valence-corrected chi connectivity index (χ3v) is 7.54. The number of alkyl halides is 2. The van der Waals surface area contributed by atoms with Crippen LogP contribution in [-0.4, -0.2) is 44.9 Å². The van der Waals surface area contributed by atoms with Crippen molar-refractivity contribution in [2.75, 3.05) is 18.0 Å². The van der Waals surface area contributed by atoms with E-state index in [0.717, 1.165) is 12.8 Å². The fourth-order valence-electron chi connectivity index (χ4n) is 3.59. The molecule has 2 fully saturated rings. The highest BCUT2D eigenvalue weighted by atomic mass is 32.2. The van der Waals surface area contributed by atoms with Gasteiger partial charge in [0.25, 0.3) is 11.8 Å². The lowest BCUT2D eigenvalue weighted by atomic mass is 9.90. The summed E-state index contributed by atoms with van der Waals surface area (Å²) >= 11 is 3.39. The molecule has 0 atom stereocenters. The molecule has 1 aliphatic carbocycles. The molecule has 2 aromatic rings. The maximum absolute atomic E-state index is 13.5. The summed E-state index contributed by atoms with van der Waals surface area (Å²) in [6, 6.07) is 8.67. The summed E-state index contributed by atoms with van der Waals surface area (Å²) in [6.45, 7) is 0.529. The second kappa shape index (κ2) is 7.90. The van der Waals surface area contributed by atoms with Crippen LogP contribution in [0, 0.1) is 0 Å². The van der Waals surface area contributed by atoms with Crippen LogP contribution >= 0.6 is 23.9 Å². The molecule has 10 heteroatoms. The second-order valence-electron chi connectivity index (χ2n) is 7.45. The summed E-state index contributed by atoms with van der Waals surface area (Å²) in [5.41, 5.74) is 3.51.